The predicted octanol–water partition coefficient (Wildman–Crippen LogP) is 3.92. The fourth-order valence-electron chi connectivity index (χ4n) is 3.53. The SMILES string of the molecule is N#Cc1ccn2c3c(cc(C(=O)c4ccccc4)c12)CCCC3. The first-order valence-electron chi connectivity index (χ1n) is 7.95. The van der Waals surface area contributed by atoms with Gasteiger partial charge in [0.2, 0.25) is 0 Å². The molecule has 0 bridgehead atoms. The Kier molecular flexibility index (Phi) is 3.24. The molecule has 0 spiro atoms. The van der Waals surface area contributed by atoms with Gasteiger partial charge in [-0.1, -0.05) is 30.3 Å². The normalized spacial score (nSPS) is 13.5. The standard InChI is InChI=1S/C20H16N2O/c21-13-16-10-11-22-18-9-5-4-8-15(18)12-17(19(16)22)20(23)14-6-2-1-3-7-14/h1-3,6-7,10-12H,4-5,8-9H2. The van der Waals surface area contributed by atoms with Crippen LogP contribution in [0.15, 0.2) is 48.7 Å². The number of ketones is 1. The number of aryl methyl sites for hydroxylation is 2. The molecule has 1 aliphatic carbocycles. The Hall–Kier alpha value is -2.86. The van der Waals surface area contributed by atoms with Crippen LogP contribution in [0.4, 0.5) is 0 Å². The van der Waals surface area contributed by atoms with Gasteiger partial charge in [0.05, 0.1) is 11.1 Å². The zero-order chi connectivity index (χ0) is 15.8. The van der Waals surface area contributed by atoms with E-state index in [1.54, 1.807) is 0 Å². The predicted molar refractivity (Wildman–Crippen MR) is 88.6 cm³/mol. The quantitative estimate of drug-likeness (QED) is 0.673. The van der Waals surface area contributed by atoms with Crippen LogP contribution in [0.25, 0.3) is 5.52 Å². The molecule has 3 heteroatoms. The second-order valence-electron chi connectivity index (χ2n) is 5.99. The van der Waals surface area contributed by atoms with Gasteiger partial charge in [0, 0.05) is 23.0 Å². The molecule has 1 aliphatic rings. The van der Waals surface area contributed by atoms with E-state index in [2.05, 4.69) is 10.5 Å². The topological polar surface area (TPSA) is 45.3 Å². The summed E-state index contributed by atoms with van der Waals surface area (Å²) in [5, 5.41) is 9.43. The van der Waals surface area contributed by atoms with Gasteiger partial charge < -0.3 is 4.40 Å². The monoisotopic (exact) mass is 300 g/mol. The van der Waals surface area contributed by atoms with Gasteiger partial charge >= 0.3 is 0 Å². The summed E-state index contributed by atoms with van der Waals surface area (Å²) in [6.45, 7) is 0. The Bertz CT molecular complexity index is 945. The molecule has 0 saturated heterocycles. The Morgan fingerprint density at radius 1 is 1.09 bits per heavy atom. The first kappa shape index (κ1) is 13.8. The first-order valence-corrected chi connectivity index (χ1v) is 7.95. The summed E-state index contributed by atoms with van der Waals surface area (Å²) >= 11 is 0. The summed E-state index contributed by atoms with van der Waals surface area (Å²) in [5.41, 5.74) is 5.11. The Labute approximate surface area is 134 Å². The third-order valence-electron chi connectivity index (χ3n) is 4.63. The second-order valence-corrected chi connectivity index (χ2v) is 5.99. The summed E-state index contributed by atoms with van der Waals surface area (Å²) in [5.74, 6) is -0.0147. The zero-order valence-corrected chi connectivity index (χ0v) is 12.7. The molecule has 0 atom stereocenters. The van der Waals surface area contributed by atoms with Gasteiger partial charge in [-0.3, -0.25) is 4.79 Å². The fourth-order valence-corrected chi connectivity index (χ4v) is 3.53. The van der Waals surface area contributed by atoms with Crippen molar-refractivity contribution in [2.24, 2.45) is 0 Å². The number of benzene rings is 1. The van der Waals surface area contributed by atoms with Crippen molar-refractivity contribution in [2.75, 3.05) is 0 Å². The number of aromatic nitrogens is 1. The molecule has 0 saturated carbocycles. The largest absolute Gasteiger partial charge is 0.319 e. The van der Waals surface area contributed by atoms with Crippen molar-refractivity contribution in [1.29, 1.82) is 5.26 Å². The van der Waals surface area contributed by atoms with Gasteiger partial charge in [-0.05, 0) is 43.4 Å². The second kappa shape index (κ2) is 5.40. The molecule has 23 heavy (non-hydrogen) atoms. The lowest BCUT2D eigenvalue weighted by molar-refractivity contribution is 0.104. The van der Waals surface area contributed by atoms with E-state index in [0.717, 1.165) is 31.2 Å². The first-order chi connectivity index (χ1) is 11.3. The Morgan fingerprint density at radius 2 is 1.87 bits per heavy atom. The number of hydrogen-bond donors (Lipinski definition) is 0. The molecule has 112 valence electrons. The molecule has 0 fully saturated rings. The van der Waals surface area contributed by atoms with E-state index in [1.807, 2.05) is 48.7 Å². The fraction of sp³-hybridized carbons (Fsp3) is 0.200. The van der Waals surface area contributed by atoms with E-state index in [9.17, 15) is 10.1 Å². The van der Waals surface area contributed by atoms with Crippen LogP contribution in [0, 0.1) is 11.3 Å². The highest BCUT2D eigenvalue weighted by Gasteiger charge is 2.22. The Balaban J connectivity index is 2.01. The molecule has 2 aromatic heterocycles. The van der Waals surface area contributed by atoms with Crippen LogP contribution in [-0.4, -0.2) is 10.2 Å². The van der Waals surface area contributed by atoms with Gasteiger partial charge in [0.25, 0.3) is 0 Å². The molecular weight excluding hydrogens is 284 g/mol. The van der Waals surface area contributed by atoms with Crippen molar-refractivity contribution in [3.05, 3.63) is 76.6 Å². The van der Waals surface area contributed by atoms with E-state index in [1.165, 1.54) is 11.3 Å². The van der Waals surface area contributed by atoms with Crippen molar-refractivity contribution in [3.63, 3.8) is 0 Å². The summed E-state index contributed by atoms with van der Waals surface area (Å²) in [6, 6.07) is 15.3. The van der Waals surface area contributed by atoms with Crippen LogP contribution in [0.1, 0.15) is 45.6 Å². The number of carbonyl (C=O) groups is 1. The molecule has 0 aliphatic heterocycles. The average molecular weight is 300 g/mol. The maximum Gasteiger partial charge on any atom is 0.195 e. The minimum absolute atomic E-state index is 0.0147. The van der Waals surface area contributed by atoms with Crippen molar-refractivity contribution < 1.29 is 4.79 Å². The number of pyridine rings is 1. The molecule has 3 nitrogen and oxygen atoms in total. The van der Waals surface area contributed by atoms with Gasteiger partial charge in [0.1, 0.15) is 6.07 Å². The number of nitriles is 1. The molecule has 0 amide bonds. The summed E-state index contributed by atoms with van der Waals surface area (Å²) in [7, 11) is 0. The summed E-state index contributed by atoms with van der Waals surface area (Å²) in [6.07, 6.45) is 6.25. The molecule has 2 heterocycles. The van der Waals surface area contributed by atoms with Gasteiger partial charge in [-0.25, -0.2) is 0 Å². The molecule has 4 rings (SSSR count). The van der Waals surface area contributed by atoms with Crippen LogP contribution >= 0.6 is 0 Å². The maximum atomic E-state index is 13.0. The number of nitrogens with zero attached hydrogens (tertiary/aromatic N) is 2. The lowest BCUT2D eigenvalue weighted by atomic mass is 9.92. The molecule has 0 N–H and O–H groups in total. The highest BCUT2D eigenvalue weighted by atomic mass is 16.1. The summed E-state index contributed by atoms with van der Waals surface area (Å²) in [4.78, 5) is 13.0. The van der Waals surface area contributed by atoms with Crippen LogP contribution in [-0.2, 0) is 12.8 Å². The van der Waals surface area contributed by atoms with E-state index in [0.29, 0.717) is 16.7 Å². The minimum Gasteiger partial charge on any atom is -0.319 e. The Morgan fingerprint density at radius 3 is 2.65 bits per heavy atom. The van der Waals surface area contributed by atoms with E-state index in [-0.39, 0.29) is 5.78 Å². The van der Waals surface area contributed by atoms with Crippen LogP contribution in [0.5, 0.6) is 0 Å². The number of rotatable bonds is 2. The number of carbonyl (C=O) groups excluding carboxylic acids is 1. The minimum atomic E-state index is -0.0147. The lowest BCUT2D eigenvalue weighted by Crippen LogP contribution is -2.13. The molecule has 0 unspecified atom stereocenters. The molecule has 3 aromatic rings. The van der Waals surface area contributed by atoms with Gasteiger partial charge in [0.15, 0.2) is 5.78 Å². The van der Waals surface area contributed by atoms with E-state index in [4.69, 9.17) is 0 Å². The smallest absolute Gasteiger partial charge is 0.195 e. The molecular formula is C20H16N2O. The van der Waals surface area contributed by atoms with Crippen molar-refractivity contribution in [1.82, 2.24) is 4.40 Å². The number of hydrogen-bond acceptors (Lipinski definition) is 2. The van der Waals surface area contributed by atoms with E-state index < -0.39 is 0 Å². The lowest BCUT2D eigenvalue weighted by Gasteiger charge is -2.20. The zero-order valence-electron chi connectivity index (χ0n) is 12.7. The van der Waals surface area contributed by atoms with Crippen LogP contribution in [0.3, 0.4) is 0 Å². The van der Waals surface area contributed by atoms with Crippen molar-refractivity contribution >= 4 is 11.3 Å². The van der Waals surface area contributed by atoms with Crippen molar-refractivity contribution in [3.8, 4) is 6.07 Å². The average Bonchev–Trinajstić information content (AvgIpc) is 3.05. The van der Waals surface area contributed by atoms with Crippen molar-refractivity contribution in [2.45, 2.75) is 25.7 Å². The van der Waals surface area contributed by atoms with Crippen LogP contribution in [0.2, 0.25) is 0 Å². The van der Waals surface area contributed by atoms with E-state index >= 15 is 0 Å². The highest BCUT2D eigenvalue weighted by Crippen LogP contribution is 2.29. The highest BCUT2D eigenvalue weighted by molar-refractivity contribution is 6.14. The third kappa shape index (κ3) is 2.15. The third-order valence-corrected chi connectivity index (χ3v) is 4.63. The number of fused-ring (bicyclic) bond motifs is 3. The molecule has 0 radical (unpaired) electrons. The maximum absolute atomic E-state index is 13.0. The molecule has 1 aromatic carbocycles. The van der Waals surface area contributed by atoms with Gasteiger partial charge in [-0.15, -0.1) is 0 Å². The van der Waals surface area contributed by atoms with Gasteiger partial charge in [-0.2, -0.15) is 5.26 Å². The summed E-state index contributed by atoms with van der Waals surface area (Å²) < 4.78 is 2.06. The van der Waals surface area contributed by atoms with Crippen LogP contribution < -0.4 is 0 Å².